The van der Waals surface area contributed by atoms with Gasteiger partial charge in [-0.1, -0.05) is 13.0 Å². The number of hydrogen-bond acceptors (Lipinski definition) is 7. The summed E-state index contributed by atoms with van der Waals surface area (Å²) in [5.74, 6) is 1.21. The lowest BCUT2D eigenvalue weighted by Gasteiger charge is -2.35. The van der Waals surface area contributed by atoms with Gasteiger partial charge in [-0.05, 0) is 64.2 Å². The zero-order chi connectivity index (χ0) is 27.0. The maximum absolute atomic E-state index is 14.0. The average Bonchev–Trinajstić information content (AvgIpc) is 3.50. The number of aryl methyl sites for hydroxylation is 2. The number of aliphatic hydroxyl groups is 1. The molecule has 0 bridgehead atoms. The van der Waals surface area contributed by atoms with Crippen LogP contribution in [0.4, 0.5) is 5.82 Å². The van der Waals surface area contributed by atoms with E-state index in [1.807, 2.05) is 61.0 Å². The number of β-amino-alcohol motifs (C(OH)–C–C–N with tert-alkyl or cyclic N) is 1. The van der Waals surface area contributed by atoms with Gasteiger partial charge in [-0.3, -0.25) is 4.79 Å². The van der Waals surface area contributed by atoms with Gasteiger partial charge in [-0.15, -0.1) is 0 Å². The Morgan fingerprint density at radius 2 is 2.08 bits per heavy atom. The van der Waals surface area contributed by atoms with Crippen LogP contribution in [-0.2, 0) is 6.42 Å². The summed E-state index contributed by atoms with van der Waals surface area (Å²) in [6.07, 6.45) is 6.35. The zero-order valence-electron chi connectivity index (χ0n) is 22.7. The Bertz CT molecular complexity index is 1340. The summed E-state index contributed by atoms with van der Waals surface area (Å²) >= 11 is 0. The molecule has 38 heavy (non-hydrogen) atoms. The molecule has 2 N–H and O–H groups in total. The highest BCUT2D eigenvalue weighted by atomic mass is 16.5. The third-order valence-electron chi connectivity index (χ3n) is 7.62. The normalized spacial score (nSPS) is 21.9. The van der Waals surface area contributed by atoms with Crippen LogP contribution in [0, 0.1) is 18.3 Å². The van der Waals surface area contributed by atoms with Gasteiger partial charge in [-0.2, -0.15) is 5.10 Å². The summed E-state index contributed by atoms with van der Waals surface area (Å²) in [6, 6.07) is 7.75. The predicted octanol–water partition coefficient (Wildman–Crippen LogP) is 4.20. The molecular formula is C29H38N6O3. The fourth-order valence-electron chi connectivity index (χ4n) is 5.61. The molecule has 0 saturated carbocycles. The van der Waals surface area contributed by atoms with Crippen molar-refractivity contribution < 1.29 is 14.6 Å². The maximum atomic E-state index is 14.0. The number of nitrogens with one attached hydrogen (secondary N) is 1. The molecule has 3 aromatic rings. The summed E-state index contributed by atoms with van der Waals surface area (Å²) in [7, 11) is 0. The molecule has 2 aliphatic rings. The largest absolute Gasteiger partial charge is 0.490 e. The minimum atomic E-state index is -0.567. The Morgan fingerprint density at radius 1 is 1.26 bits per heavy atom. The van der Waals surface area contributed by atoms with Crippen LogP contribution in [0.25, 0.3) is 5.65 Å². The molecule has 2 saturated heterocycles. The van der Waals surface area contributed by atoms with Gasteiger partial charge >= 0.3 is 0 Å². The Labute approximate surface area is 223 Å². The SMILES string of the molecule is CCc1ccc(OC(C)C)c(C(=O)N2CCCC[C@H]2c2cc3nc(N4C[C@@H](C=N)[C@@H](O)C4)c(C)cn3n2)c1. The number of carbonyl (C=O) groups is 1. The van der Waals surface area contributed by atoms with Crippen LogP contribution >= 0.6 is 0 Å². The van der Waals surface area contributed by atoms with Crippen molar-refractivity contribution in [1.82, 2.24) is 19.5 Å². The molecule has 0 spiro atoms. The number of ether oxygens (including phenoxy) is 1. The van der Waals surface area contributed by atoms with E-state index in [1.165, 1.54) is 6.21 Å². The summed E-state index contributed by atoms with van der Waals surface area (Å²) < 4.78 is 7.82. The van der Waals surface area contributed by atoms with Gasteiger partial charge in [0.1, 0.15) is 11.6 Å². The van der Waals surface area contributed by atoms with Crippen LogP contribution in [0.2, 0.25) is 0 Å². The number of carbonyl (C=O) groups excluding carboxylic acids is 1. The Morgan fingerprint density at radius 3 is 2.79 bits per heavy atom. The number of rotatable bonds is 7. The highest BCUT2D eigenvalue weighted by Crippen LogP contribution is 2.35. The van der Waals surface area contributed by atoms with Crippen molar-refractivity contribution in [2.75, 3.05) is 24.5 Å². The van der Waals surface area contributed by atoms with Crippen LogP contribution in [0.3, 0.4) is 0 Å². The molecule has 202 valence electrons. The number of nitrogens with zero attached hydrogens (tertiary/aromatic N) is 5. The van der Waals surface area contributed by atoms with Crippen LogP contribution in [-0.4, -0.2) is 68.6 Å². The van der Waals surface area contributed by atoms with E-state index < -0.39 is 6.10 Å². The van der Waals surface area contributed by atoms with Crippen LogP contribution < -0.4 is 9.64 Å². The third-order valence-corrected chi connectivity index (χ3v) is 7.62. The summed E-state index contributed by atoms with van der Waals surface area (Å²) in [6.45, 7) is 9.71. The number of benzene rings is 1. The van der Waals surface area contributed by atoms with Gasteiger partial charge in [-0.25, -0.2) is 9.50 Å². The number of anilines is 1. The van der Waals surface area contributed by atoms with Crippen molar-refractivity contribution in [2.45, 2.75) is 71.6 Å². The minimum absolute atomic E-state index is 0.0220. The summed E-state index contributed by atoms with van der Waals surface area (Å²) in [4.78, 5) is 22.9. The first-order valence-corrected chi connectivity index (χ1v) is 13.7. The van der Waals surface area contributed by atoms with Crippen LogP contribution in [0.1, 0.15) is 73.3 Å². The van der Waals surface area contributed by atoms with Gasteiger partial charge < -0.3 is 25.1 Å². The first kappa shape index (κ1) is 26.2. The summed E-state index contributed by atoms with van der Waals surface area (Å²) in [5.41, 5.74) is 4.21. The maximum Gasteiger partial charge on any atom is 0.258 e. The molecule has 4 heterocycles. The lowest BCUT2D eigenvalue weighted by atomic mass is 9.97. The topological polar surface area (TPSA) is 107 Å². The number of fused-ring (bicyclic) bond motifs is 1. The molecule has 5 rings (SSSR count). The van der Waals surface area contributed by atoms with E-state index in [0.717, 1.165) is 48.3 Å². The quantitative estimate of drug-likeness (QED) is 0.454. The van der Waals surface area contributed by atoms with E-state index >= 15 is 0 Å². The van der Waals surface area contributed by atoms with E-state index in [9.17, 15) is 9.90 Å². The fourth-order valence-corrected chi connectivity index (χ4v) is 5.61. The second-order valence-corrected chi connectivity index (χ2v) is 10.8. The van der Waals surface area contributed by atoms with Crippen molar-refractivity contribution >= 4 is 23.6 Å². The number of aliphatic hydroxyl groups excluding tert-OH is 1. The number of amides is 1. The van der Waals surface area contributed by atoms with Crippen molar-refractivity contribution in [3.63, 3.8) is 0 Å². The molecule has 9 heteroatoms. The molecule has 1 aromatic carbocycles. The molecule has 9 nitrogen and oxygen atoms in total. The Balaban J connectivity index is 1.47. The first-order valence-electron chi connectivity index (χ1n) is 13.7. The molecular weight excluding hydrogens is 480 g/mol. The molecule has 0 aliphatic carbocycles. The van der Waals surface area contributed by atoms with Gasteiger partial charge in [0.15, 0.2) is 5.65 Å². The van der Waals surface area contributed by atoms with Crippen LogP contribution in [0.5, 0.6) is 5.75 Å². The van der Waals surface area contributed by atoms with Crippen molar-refractivity contribution in [1.29, 1.82) is 5.41 Å². The molecule has 3 atom stereocenters. The Kier molecular flexibility index (Phi) is 7.38. The molecule has 2 fully saturated rings. The molecule has 0 unspecified atom stereocenters. The molecule has 1 amide bonds. The minimum Gasteiger partial charge on any atom is -0.490 e. The smallest absolute Gasteiger partial charge is 0.258 e. The lowest BCUT2D eigenvalue weighted by Crippen LogP contribution is -2.39. The van der Waals surface area contributed by atoms with E-state index in [2.05, 4.69) is 6.92 Å². The van der Waals surface area contributed by atoms with Gasteiger partial charge in [0, 0.05) is 49.6 Å². The van der Waals surface area contributed by atoms with Crippen molar-refractivity contribution in [3.05, 3.63) is 52.8 Å². The van der Waals surface area contributed by atoms with Crippen LogP contribution in [0.15, 0.2) is 30.5 Å². The monoisotopic (exact) mass is 518 g/mol. The zero-order valence-corrected chi connectivity index (χ0v) is 22.7. The van der Waals surface area contributed by atoms with E-state index in [4.69, 9.17) is 20.2 Å². The molecule has 2 aromatic heterocycles. The number of aromatic nitrogens is 3. The van der Waals surface area contributed by atoms with E-state index in [1.54, 1.807) is 4.52 Å². The number of piperidine rings is 1. The predicted molar refractivity (Wildman–Crippen MR) is 147 cm³/mol. The van der Waals surface area contributed by atoms with Gasteiger partial charge in [0.2, 0.25) is 0 Å². The highest BCUT2D eigenvalue weighted by Gasteiger charge is 2.34. The molecule has 2 aliphatic heterocycles. The lowest BCUT2D eigenvalue weighted by molar-refractivity contribution is 0.0599. The van der Waals surface area contributed by atoms with Crippen molar-refractivity contribution in [3.8, 4) is 5.75 Å². The average molecular weight is 519 g/mol. The second-order valence-electron chi connectivity index (χ2n) is 10.8. The van der Waals surface area contributed by atoms with Gasteiger partial charge in [0.05, 0.1) is 29.5 Å². The number of likely N-dealkylation sites (tertiary alicyclic amines) is 1. The Hall–Kier alpha value is -3.46. The first-order chi connectivity index (χ1) is 18.3. The number of hydrogen-bond donors (Lipinski definition) is 2. The second kappa shape index (κ2) is 10.7. The van der Waals surface area contributed by atoms with Crippen molar-refractivity contribution in [2.24, 2.45) is 5.92 Å². The van der Waals surface area contributed by atoms with Gasteiger partial charge in [0.25, 0.3) is 5.91 Å². The third kappa shape index (κ3) is 4.99. The molecule has 0 radical (unpaired) electrons. The summed E-state index contributed by atoms with van der Waals surface area (Å²) in [5, 5.41) is 22.7. The van der Waals surface area contributed by atoms with E-state index in [0.29, 0.717) is 36.6 Å². The fraction of sp³-hybridized carbons (Fsp3) is 0.517. The highest BCUT2D eigenvalue weighted by molar-refractivity contribution is 5.97. The van der Waals surface area contributed by atoms with E-state index in [-0.39, 0.29) is 24.0 Å². The standard InChI is InChI=1S/C29H38N6O3/c1-5-20-9-10-26(38-18(2)3)22(12-20)29(37)34-11-7-6-8-24(34)23-13-27-31-28(19(4)15-35(27)32-23)33-16-21(14-30)25(36)17-33/h9-10,12-15,18,21,24-25,30,36H,5-8,11,16-17H2,1-4H3/t21-,24+,25+/m1/s1.